The van der Waals surface area contributed by atoms with E-state index in [0.29, 0.717) is 33.7 Å². The lowest BCUT2D eigenvalue weighted by molar-refractivity contribution is -0.122. The molecule has 1 fully saturated rings. The van der Waals surface area contributed by atoms with Crippen LogP contribution in [0.25, 0.3) is 6.08 Å². The lowest BCUT2D eigenvalue weighted by Crippen LogP contribution is -2.54. The number of ether oxygens (including phenoxy) is 2. The van der Waals surface area contributed by atoms with Crippen molar-refractivity contribution in [2.75, 3.05) is 4.90 Å². The van der Waals surface area contributed by atoms with Gasteiger partial charge in [0, 0.05) is 15.6 Å². The van der Waals surface area contributed by atoms with Gasteiger partial charge in [0.15, 0.2) is 0 Å². The smallest absolute Gasteiger partial charge is 0.335 e. The molecule has 0 radical (unpaired) electrons. The average molecular weight is 587 g/mol. The second-order valence-corrected chi connectivity index (χ2v) is 10.2. The molecular weight excluding hydrogens is 563 g/mol. The molecule has 9 heteroatoms. The summed E-state index contributed by atoms with van der Waals surface area (Å²) < 4.78 is 11.8. The van der Waals surface area contributed by atoms with E-state index < -0.39 is 17.8 Å². The lowest BCUT2D eigenvalue weighted by atomic mass is 10.1. The number of hydrogen-bond acceptors (Lipinski definition) is 5. The first-order valence-corrected chi connectivity index (χ1v) is 13.4. The third-order valence-corrected chi connectivity index (χ3v) is 6.79. The van der Waals surface area contributed by atoms with Gasteiger partial charge in [-0.25, -0.2) is 9.69 Å². The second-order valence-electron chi connectivity index (χ2n) is 9.32. The third-order valence-electron chi connectivity index (χ3n) is 6.30. The monoisotopic (exact) mass is 586 g/mol. The zero-order valence-electron chi connectivity index (χ0n) is 21.9. The summed E-state index contributed by atoms with van der Waals surface area (Å²) in [5.74, 6) is -0.634. The number of nitrogens with zero attached hydrogens (tertiary/aromatic N) is 1. The molecule has 5 rings (SSSR count). The zero-order chi connectivity index (χ0) is 28.9. The minimum Gasteiger partial charge on any atom is -0.489 e. The summed E-state index contributed by atoms with van der Waals surface area (Å²) in [5, 5.41) is 3.26. The van der Waals surface area contributed by atoms with Gasteiger partial charge in [0.05, 0.1) is 5.69 Å². The van der Waals surface area contributed by atoms with Gasteiger partial charge in [-0.2, -0.15) is 0 Å². The maximum Gasteiger partial charge on any atom is 0.335 e. The first-order valence-electron chi connectivity index (χ1n) is 12.6. The van der Waals surface area contributed by atoms with Crippen molar-refractivity contribution in [3.8, 4) is 11.5 Å². The van der Waals surface area contributed by atoms with E-state index in [1.165, 1.54) is 6.08 Å². The summed E-state index contributed by atoms with van der Waals surface area (Å²) in [6, 6.07) is 25.6. The summed E-state index contributed by atoms with van der Waals surface area (Å²) >= 11 is 12.1. The quantitative estimate of drug-likeness (QED) is 0.175. The molecule has 1 aliphatic rings. The lowest BCUT2D eigenvalue weighted by Gasteiger charge is -2.26. The number of nitrogens with one attached hydrogen (secondary N) is 1. The van der Waals surface area contributed by atoms with E-state index in [9.17, 15) is 14.4 Å². The summed E-state index contributed by atoms with van der Waals surface area (Å²) in [6.45, 7) is 2.59. The molecule has 0 unspecified atom stereocenters. The minimum atomic E-state index is -0.853. The number of rotatable bonds is 8. The minimum absolute atomic E-state index is 0.241. The Morgan fingerprint density at radius 2 is 1.37 bits per heavy atom. The number of urea groups is 1. The molecule has 0 saturated carbocycles. The van der Waals surface area contributed by atoms with Gasteiger partial charge < -0.3 is 9.47 Å². The van der Waals surface area contributed by atoms with Crippen molar-refractivity contribution in [2.45, 2.75) is 20.1 Å². The van der Waals surface area contributed by atoms with Gasteiger partial charge in [-0.15, -0.1) is 0 Å². The van der Waals surface area contributed by atoms with Crippen LogP contribution in [0, 0.1) is 6.92 Å². The zero-order valence-corrected chi connectivity index (χ0v) is 23.4. The topological polar surface area (TPSA) is 84.9 Å². The first kappa shape index (κ1) is 28.0. The van der Waals surface area contributed by atoms with Crippen LogP contribution < -0.4 is 19.7 Å². The molecule has 1 N–H and O–H groups in total. The summed E-state index contributed by atoms with van der Waals surface area (Å²) in [5.41, 5.74) is 3.46. The van der Waals surface area contributed by atoms with Crippen LogP contribution in [-0.4, -0.2) is 17.8 Å². The number of aryl methyl sites for hydroxylation is 1. The van der Waals surface area contributed by atoms with Crippen LogP contribution in [0.3, 0.4) is 0 Å². The fourth-order valence-electron chi connectivity index (χ4n) is 4.10. The molecule has 4 aromatic rings. The highest BCUT2D eigenvalue weighted by molar-refractivity contribution is 6.39. The third kappa shape index (κ3) is 6.77. The van der Waals surface area contributed by atoms with Crippen LogP contribution in [0.15, 0.2) is 96.6 Å². The van der Waals surface area contributed by atoms with Gasteiger partial charge in [0.2, 0.25) is 0 Å². The normalized spacial score (nSPS) is 14.3. The Hall–Kier alpha value is -4.59. The second kappa shape index (κ2) is 12.3. The van der Waals surface area contributed by atoms with Crippen LogP contribution in [0.1, 0.15) is 22.3 Å². The number of benzene rings is 4. The molecule has 41 heavy (non-hydrogen) atoms. The Morgan fingerprint density at radius 3 is 2.05 bits per heavy atom. The van der Waals surface area contributed by atoms with E-state index >= 15 is 0 Å². The SMILES string of the molecule is Cc1ccc(COc2ccc(Cl)cc2/C=C2\C(=O)NC(=O)N(c3ccc(OCc4ccc(Cl)cc4)cc3)C2=O)cc1. The largest absolute Gasteiger partial charge is 0.489 e. The van der Waals surface area contributed by atoms with Crippen molar-refractivity contribution in [1.29, 1.82) is 0 Å². The van der Waals surface area contributed by atoms with E-state index in [2.05, 4.69) is 5.32 Å². The Balaban J connectivity index is 1.35. The van der Waals surface area contributed by atoms with Gasteiger partial charge in [-0.05, 0) is 78.7 Å². The molecule has 4 aromatic carbocycles. The number of carbonyl (C=O) groups is 3. The molecule has 4 amide bonds. The van der Waals surface area contributed by atoms with Gasteiger partial charge in [0.25, 0.3) is 11.8 Å². The Morgan fingerprint density at radius 1 is 0.756 bits per heavy atom. The van der Waals surface area contributed by atoms with Crippen molar-refractivity contribution in [3.05, 3.63) is 129 Å². The van der Waals surface area contributed by atoms with Crippen LogP contribution in [0.2, 0.25) is 10.0 Å². The summed E-state index contributed by atoms with van der Waals surface area (Å²) in [6.07, 6.45) is 1.37. The summed E-state index contributed by atoms with van der Waals surface area (Å²) in [7, 11) is 0. The first-order chi connectivity index (χ1) is 19.8. The predicted molar refractivity (Wildman–Crippen MR) is 158 cm³/mol. The fourth-order valence-corrected chi connectivity index (χ4v) is 4.40. The van der Waals surface area contributed by atoms with Gasteiger partial charge in [-0.1, -0.05) is 65.2 Å². The molecule has 0 spiro atoms. The molecule has 7 nitrogen and oxygen atoms in total. The number of amides is 4. The predicted octanol–water partition coefficient (Wildman–Crippen LogP) is 7.13. The van der Waals surface area contributed by atoms with Crippen molar-refractivity contribution < 1.29 is 23.9 Å². The van der Waals surface area contributed by atoms with Crippen LogP contribution in [0.4, 0.5) is 10.5 Å². The number of imide groups is 2. The molecule has 0 atom stereocenters. The molecular formula is C32H24Cl2N2O5. The molecule has 0 aliphatic carbocycles. The fraction of sp³-hybridized carbons (Fsp3) is 0.0938. The van der Waals surface area contributed by atoms with Crippen molar-refractivity contribution >= 4 is 52.8 Å². The molecule has 0 aromatic heterocycles. The van der Waals surface area contributed by atoms with E-state index in [1.807, 2.05) is 43.3 Å². The highest BCUT2D eigenvalue weighted by Crippen LogP contribution is 2.29. The number of halogens is 2. The number of hydrogen-bond donors (Lipinski definition) is 1. The van der Waals surface area contributed by atoms with Crippen molar-refractivity contribution in [3.63, 3.8) is 0 Å². The van der Waals surface area contributed by atoms with Crippen molar-refractivity contribution in [1.82, 2.24) is 5.32 Å². The molecule has 1 saturated heterocycles. The Kier molecular flexibility index (Phi) is 8.38. The number of anilines is 1. The van der Waals surface area contributed by atoms with Crippen LogP contribution >= 0.6 is 23.2 Å². The highest BCUT2D eigenvalue weighted by Gasteiger charge is 2.37. The molecule has 1 aliphatic heterocycles. The Labute approximate surface area is 246 Å². The summed E-state index contributed by atoms with van der Waals surface area (Å²) in [4.78, 5) is 39.8. The van der Waals surface area contributed by atoms with Gasteiger partial charge >= 0.3 is 6.03 Å². The van der Waals surface area contributed by atoms with Crippen LogP contribution in [0.5, 0.6) is 11.5 Å². The number of carbonyl (C=O) groups excluding carboxylic acids is 3. The van der Waals surface area contributed by atoms with Gasteiger partial charge in [-0.3, -0.25) is 14.9 Å². The van der Waals surface area contributed by atoms with Crippen LogP contribution in [-0.2, 0) is 22.8 Å². The number of barbiturate groups is 1. The maximum absolute atomic E-state index is 13.4. The van der Waals surface area contributed by atoms with Crippen molar-refractivity contribution in [2.24, 2.45) is 0 Å². The van der Waals surface area contributed by atoms with E-state index in [-0.39, 0.29) is 17.9 Å². The van der Waals surface area contributed by atoms with E-state index in [1.54, 1.807) is 54.6 Å². The average Bonchev–Trinajstić information content (AvgIpc) is 2.96. The van der Waals surface area contributed by atoms with E-state index in [4.69, 9.17) is 32.7 Å². The maximum atomic E-state index is 13.4. The Bertz CT molecular complexity index is 1630. The standard InChI is InChI=1S/C32H24Cl2N2O5/c1-20-2-4-21(5-3-20)19-41-29-15-10-25(34)16-23(29)17-28-30(37)35-32(39)36(31(28)38)26-11-13-27(14-12-26)40-18-22-6-8-24(33)9-7-22/h2-17H,18-19H2,1H3,(H,35,37,39)/b28-17+. The van der Waals surface area contributed by atoms with E-state index in [0.717, 1.165) is 21.6 Å². The molecule has 0 bridgehead atoms. The van der Waals surface area contributed by atoms with Gasteiger partial charge in [0.1, 0.15) is 30.3 Å². The molecule has 206 valence electrons. The molecule has 1 heterocycles. The highest BCUT2D eigenvalue weighted by atomic mass is 35.5.